The van der Waals surface area contributed by atoms with Gasteiger partial charge in [-0.25, -0.2) is 0 Å². The van der Waals surface area contributed by atoms with Crippen LogP contribution in [0.2, 0.25) is 0 Å². The van der Waals surface area contributed by atoms with Gasteiger partial charge < -0.3 is 13.9 Å². The van der Waals surface area contributed by atoms with E-state index < -0.39 is 0 Å². The minimum Gasteiger partial charge on any atom is -0.455 e. The third kappa shape index (κ3) is 3.84. The van der Waals surface area contributed by atoms with Crippen molar-refractivity contribution in [3.63, 3.8) is 0 Å². The van der Waals surface area contributed by atoms with Crippen molar-refractivity contribution in [1.82, 2.24) is 9.13 Å². The standard InChI is InChI=1S/C36H22Br2N2O/c37-28-14-6-9-17-33(28)41-34-22-24(18-20-29(34)38)39-31-16-8-5-13-27(31)35-32(39)21-19-26-25-12-4-7-15-30(25)40(36(26)35)23-10-2-1-3-11-23/h1-22H. The lowest BCUT2D eigenvalue weighted by Crippen LogP contribution is -1.96. The van der Waals surface area contributed by atoms with E-state index in [1.165, 1.54) is 32.6 Å². The Kier molecular flexibility index (Phi) is 5.76. The summed E-state index contributed by atoms with van der Waals surface area (Å²) in [6.45, 7) is 0. The first kappa shape index (κ1) is 24.5. The SMILES string of the molecule is Brc1ccccc1Oc1cc(-n2c3ccccc3c3c2ccc2c4ccccc4n(-c4ccccc4)c23)ccc1Br. The molecule has 0 radical (unpaired) electrons. The summed E-state index contributed by atoms with van der Waals surface area (Å²) in [4.78, 5) is 0. The maximum Gasteiger partial charge on any atom is 0.143 e. The highest BCUT2D eigenvalue weighted by Gasteiger charge is 2.21. The van der Waals surface area contributed by atoms with Gasteiger partial charge in [0.25, 0.3) is 0 Å². The minimum atomic E-state index is 0.750. The van der Waals surface area contributed by atoms with Crippen molar-refractivity contribution in [3.8, 4) is 22.9 Å². The molecule has 0 atom stereocenters. The molecule has 0 saturated heterocycles. The number of halogens is 2. The molecule has 8 aromatic rings. The molecule has 0 aliphatic heterocycles. The zero-order valence-corrected chi connectivity index (χ0v) is 24.9. The number of benzene rings is 6. The quantitative estimate of drug-likeness (QED) is 0.184. The Labute approximate surface area is 253 Å². The summed E-state index contributed by atoms with van der Waals surface area (Å²) < 4.78 is 12.9. The summed E-state index contributed by atoms with van der Waals surface area (Å²) >= 11 is 7.33. The van der Waals surface area contributed by atoms with Crippen LogP contribution in [-0.4, -0.2) is 9.13 Å². The molecule has 8 rings (SSSR count). The van der Waals surface area contributed by atoms with E-state index in [0.717, 1.165) is 42.9 Å². The fourth-order valence-electron chi connectivity index (χ4n) is 5.99. The van der Waals surface area contributed by atoms with E-state index in [-0.39, 0.29) is 0 Å². The van der Waals surface area contributed by atoms with Gasteiger partial charge in [-0.2, -0.15) is 0 Å². The Bertz CT molecular complexity index is 2260. The van der Waals surface area contributed by atoms with E-state index in [4.69, 9.17) is 4.74 Å². The average molecular weight is 658 g/mol. The zero-order chi connectivity index (χ0) is 27.5. The van der Waals surface area contributed by atoms with Gasteiger partial charge in [-0.3, -0.25) is 0 Å². The molecule has 2 aromatic heterocycles. The van der Waals surface area contributed by atoms with Gasteiger partial charge in [-0.15, -0.1) is 0 Å². The minimum absolute atomic E-state index is 0.750. The third-order valence-electron chi connectivity index (χ3n) is 7.71. The summed E-state index contributed by atoms with van der Waals surface area (Å²) in [5.41, 5.74) is 6.89. The first-order chi connectivity index (χ1) is 20.2. The van der Waals surface area contributed by atoms with Crippen molar-refractivity contribution in [2.24, 2.45) is 0 Å². The lowest BCUT2D eigenvalue weighted by molar-refractivity contribution is 0.476. The summed E-state index contributed by atoms with van der Waals surface area (Å²) in [5, 5.41) is 4.94. The molecule has 5 heteroatoms. The average Bonchev–Trinajstić information content (AvgIpc) is 3.53. The van der Waals surface area contributed by atoms with Gasteiger partial charge in [0, 0.05) is 39.0 Å². The van der Waals surface area contributed by atoms with Gasteiger partial charge in [0.2, 0.25) is 0 Å². The molecule has 0 spiro atoms. The van der Waals surface area contributed by atoms with Crippen molar-refractivity contribution >= 4 is 75.5 Å². The van der Waals surface area contributed by atoms with E-state index in [9.17, 15) is 0 Å². The number of fused-ring (bicyclic) bond motifs is 7. The molecule has 0 bridgehead atoms. The number of hydrogen-bond acceptors (Lipinski definition) is 1. The monoisotopic (exact) mass is 656 g/mol. The van der Waals surface area contributed by atoms with Crippen LogP contribution in [0.1, 0.15) is 0 Å². The third-order valence-corrected chi connectivity index (χ3v) is 9.02. The number of para-hydroxylation sites is 4. The summed E-state index contributed by atoms with van der Waals surface area (Å²) in [6, 6.07) is 46.7. The molecule has 196 valence electrons. The largest absolute Gasteiger partial charge is 0.455 e. The van der Waals surface area contributed by atoms with E-state index >= 15 is 0 Å². The molecule has 0 aliphatic rings. The fourth-order valence-corrected chi connectivity index (χ4v) is 6.68. The normalized spacial score (nSPS) is 11.7. The van der Waals surface area contributed by atoms with Crippen LogP contribution in [0.15, 0.2) is 142 Å². The predicted molar refractivity (Wildman–Crippen MR) is 177 cm³/mol. The molecule has 2 heterocycles. The lowest BCUT2D eigenvalue weighted by Gasteiger charge is -2.13. The predicted octanol–water partition coefficient (Wildman–Crippen LogP) is 11.2. The van der Waals surface area contributed by atoms with Crippen LogP contribution in [0.3, 0.4) is 0 Å². The van der Waals surface area contributed by atoms with Crippen LogP contribution in [0.4, 0.5) is 0 Å². The second kappa shape index (κ2) is 9.65. The maximum absolute atomic E-state index is 6.38. The van der Waals surface area contributed by atoms with Gasteiger partial charge in [-0.05, 0) is 86.5 Å². The van der Waals surface area contributed by atoms with Gasteiger partial charge in [0.1, 0.15) is 11.5 Å². The first-order valence-corrected chi connectivity index (χ1v) is 15.0. The molecule has 0 N–H and O–H groups in total. The molecule has 0 aliphatic carbocycles. The summed E-state index contributed by atoms with van der Waals surface area (Å²) in [5.74, 6) is 1.52. The van der Waals surface area contributed by atoms with Gasteiger partial charge in [0.05, 0.1) is 31.0 Å². The van der Waals surface area contributed by atoms with E-state index in [1.54, 1.807) is 0 Å². The summed E-state index contributed by atoms with van der Waals surface area (Å²) in [6.07, 6.45) is 0. The Morgan fingerprint density at radius 2 is 1.10 bits per heavy atom. The maximum atomic E-state index is 6.38. The van der Waals surface area contributed by atoms with Gasteiger partial charge >= 0.3 is 0 Å². The van der Waals surface area contributed by atoms with Gasteiger partial charge in [0.15, 0.2) is 0 Å². The van der Waals surface area contributed by atoms with Crippen LogP contribution in [0.25, 0.3) is 55.0 Å². The van der Waals surface area contributed by atoms with Crippen LogP contribution in [0.5, 0.6) is 11.5 Å². The Morgan fingerprint density at radius 3 is 1.90 bits per heavy atom. The van der Waals surface area contributed by atoms with Crippen molar-refractivity contribution in [2.75, 3.05) is 0 Å². The van der Waals surface area contributed by atoms with Crippen LogP contribution in [0, 0.1) is 0 Å². The number of ether oxygens (including phenoxy) is 1. The molecule has 0 fully saturated rings. The first-order valence-electron chi connectivity index (χ1n) is 13.4. The molecular weight excluding hydrogens is 636 g/mol. The van der Waals surface area contributed by atoms with E-state index in [2.05, 4.69) is 150 Å². The topological polar surface area (TPSA) is 19.1 Å². The number of hydrogen-bond donors (Lipinski definition) is 0. The van der Waals surface area contributed by atoms with Crippen LogP contribution < -0.4 is 4.74 Å². The van der Waals surface area contributed by atoms with Crippen molar-refractivity contribution in [3.05, 3.63) is 142 Å². The zero-order valence-electron chi connectivity index (χ0n) is 21.8. The number of aromatic nitrogens is 2. The molecule has 0 saturated carbocycles. The van der Waals surface area contributed by atoms with Crippen LogP contribution in [-0.2, 0) is 0 Å². The number of nitrogens with zero attached hydrogens (tertiary/aromatic N) is 2. The second-order valence-electron chi connectivity index (χ2n) is 10.0. The Balaban J connectivity index is 1.46. The second-order valence-corrected chi connectivity index (χ2v) is 11.8. The smallest absolute Gasteiger partial charge is 0.143 e. The highest BCUT2D eigenvalue weighted by molar-refractivity contribution is 9.11. The Hall–Kier alpha value is -4.32. The summed E-state index contributed by atoms with van der Waals surface area (Å²) in [7, 11) is 0. The lowest BCUT2D eigenvalue weighted by atomic mass is 10.1. The van der Waals surface area contributed by atoms with E-state index in [1.807, 2.05) is 24.3 Å². The number of rotatable bonds is 4. The van der Waals surface area contributed by atoms with Gasteiger partial charge in [-0.1, -0.05) is 72.8 Å². The highest BCUT2D eigenvalue weighted by Crippen LogP contribution is 2.43. The van der Waals surface area contributed by atoms with E-state index in [0.29, 0.717) is 0 Å². The molecule has 41 heavy (non-hydrogen) atoms. The van der Waals surface area contributed by atoms with Crippen molar-refractivity contribution in [2.45, 2.75) is 0 Å². The Morgan fingerprint density at radius 1 is 0.439 bits per heavy atom. The molecule has 0 unspecified atom stereocenters. The fraction of sp³-hybridized carbons (Fsp3) is 0. The van der Waals surface area contributed by atoms with Crippen molar-refractivity contribution in [1.29, 1.82) is 0 Å². The highest BCUT2D eigenvalue weighted by atomic mass is 79.9. The molecule has 0 amide bonds. The van der Waals surface area contributed by atoms with Crippen molar-refractivity contribution < 1.29 is 4.74 Å². The van der Waals surface area contributed by atoms with Crippen LogP contribution >= 0.6 is 31.9 Å². The molecule has 3 nitrogen and oxygen atoms in total. The molecular formula is C36H22Br2N2O. The molecule has 6 aromatic carbocycles.